The molecular formula is C16H19FN2. The number of aryl methyl sites for hydroxylation is 1. The highest BCUT2D eigenvalue weighted by atomic mass is 19.1. The minimum Gasteiger partial charge on any atom is -0.344 e. The monoisotopic (exact) mass is 258 g/mol. The standard InChI is InChI=1S/C16H19FN2/c1-12-7-9-13(10-8-12)19(3)16-6-4-5-15(17)14(16)11-18-2/h4-10,18H,11H2,1-3H3. The number of nitrogens with zero attached hydrogens (tertiary/aromatic N) is 1. The van der Waals surface area contributed by atoms with Crippen LogP contribution in [-0.2, 0) is 6.54 Å². The summed E-state index contributed by atoms with van der Waals surface area (Å²) in [5.74, 6) is -0.175. The van der Waals surface area contributed by atoms with E-state index in [0.29, 0.717) is 12.1 Å². The van der Waals surface area contributed by atoms with Gasteiger partial charge in [-0.15, -0.1) is 0 Å². The topological polar surface area (TPSA) is 15.3 Å². The van der Waals surface area contributed by atoms with Gasteiger partial charge in [0.1, 0.15) is 5.82 Å². The Balaban J connectivity index is 2.40. The summed E-state index contributed by atoms with van der Waals surface area (Å²) in [5.41, 5.74) is 3.84. The Hall–Kier alpha value is -1.87. The lowest BCUT2D eigenvalue weighted by molar-refractivity contribution is 0.601. The highest BCUT2D eigenvalue weighted by molar-refractivity contribution is 5.66. The molecule has 0 heterocycles. The van der Waals surface area contributed by atoms with E-state index < -0.39 is 0 Å². The maximum absolute atomic E-state index is 13.9. The van der Waals surface area contributed by atoms with Crippen LogP contribution in [0.15, 0.2) is 42.5 Å². The summed E-state index contributed by atoms with van der Waals surface area (Å²) < 4.78 is 13.9. The highest BCUT2D eigenvalue weighted by Crippen LogP contribution is 2.28. The number of hydrogen-bond donors (Lipinski definition) is 1. The fourth-order valence-corrected chi connectivity index (χ4v) is 2.12. The Kier molecular flexibility index (Phi) is 4.17. The van der Waals surface area contributed by atoms with Crippen molar-refractivity contribution in [3.63, 3.8) is 0 Å². The van der Waals surface area contributed by atoms with Gasteiger partial charge in [-0.05, 0) is 38.2 Å². The first-order valence-electron chi connectivity index (χ1n) is 6.36. The molecule has 0 spiro atoms. The molecule has 3 heteroatoms. The third-order valence-corrected chi connectivity index (χ3v) is 3.23. The van der Waals surface area contributed by atoms with E-state index in [0.717, 1.165) is 11.4 Å². The molecule has 0 saturated carbocycles. The second-order valence-corrected chi connectivity index (χ2v) is 4.66. The van der Waals surface area contributed by atoms with Gasteiger partial charge in [-0.1, -0.05) is 23.8 Å². The summed E-state index contributed by atoms with van der Waals surface area (Å²) in [6, 6.07) is 13.4. The summed E-state index contributed by atoms with van der Waals surface area (Å²) in [4.78, 5) is 2.01. The predicted octanol–water partition coefficient (Wildman–Crippen LogP) is 3.62. The van der Waals surface area contributed by atoms with Crippen LogP contribution in [-0.4, -0.2) is 14.1 Å². The van der Waals surface area contributed by atoms with E-state index in [2.05, 4.69) is 24.4 Å². The molecule has 2 aromatic rings. The molecule has 0 radical (unpaired) electrons. The molecule has 1 N–H and O–H groups in total. The Morgan fingerprint density at radius 1 is 1.11 bits per heavy atom. The van der Waals surface area contributed by atoms with Crippen LogP contribution in [0.4, 0.5) is 15.8 Å². The number of halogens is 1. The van der Waals surface area contributed by atoms with Gasteiger partial charge in [0.05, 0.1) is 0 Å². The predicted molar refractivity (Wildman–Crippen MR) is 78.4 cm³/mol. The molecule has 0 saturated heterocycles. The average molecular weight is 258 g/mol. The van der Waals surface area contributed by atoms with Gasteiger partial charge in [0.2, 0.25) is 0 Å². The van der Waals surface area contributed by atoms with Crippen molar-refractivity contribution in [2.45, 2.75) is 13.5 Å². The Morgan fingerprint density at radius 3 is 2.42 bits per heavy atom. The van der Waals surface area contributed by atoms with E-state index in [-0.39, 0.29) is 5.82 Å². The Bertz CT molecular complexity index is 549. The third-order valence-electron chi connectivity index (χ3n) is 3.23. The maximum Gasteiger partial charge on any atom is 0.129 e. The van der Waals surface area contributed by atoms with Gasteiger partial charge in [-0.2, -0.15) is 0 Å². The van der Waals surface area contributed by atoms with E-state index >= 15 is 0 Å². The summed E-state index contributed by atoms with van der Waals surface area (Å²) in [6.07, 6.45) is 0. The fraction of sp³-hybridized carbons (Fsp3) is 0.250. The van der Waals surface area contributed by atoms with Gasteiger partial charge in [-0.25, -0.2) is 4.39 Å². The second kappa shape index (κ2) is 5.85. The molecule has 0 aliphatic carbocycles. The van der Waals surface area contributed by atoms with E-state index in [1.54, 1.807) is 6.07 Å². The molecule has 0 fully saturated rings. The first-order chi connectivity index (χ1) is 9.13. The lowest BCUT2D eigenvalue weighted by Gasteiger charge is -2.23. The Morgan fingerprint density at radius 2 is 1.79 bits per heavy atom. The fourth-order valence-electron chi connectivity index (χ4n) is 2.12. The summed E-state index contributed by atoms with van der Waals surface area (Å²) in [6.45, 7) is 2.57. The normalized spacial score (nSPS) is 10.5. The van der Waals surface area contributed by atoms with Crippen LogP contribution in [0, 0.1) is 12.7 Å². The molecule has 0 atom stereocenters. The van der Waals surface area contributed by atoms with Crippen molar-refractivity contribution < 1.29 is 4.39 Å². The van der Waals surface area contributed by atoms with Gasteiger partial charge >= 0.3 is 0 Å². The van der Waals surface area contributed by atoms with Crippen LogP contribution in [0.3, 0.4) is 0 Å². The molecule has 0 aromatic heterocycles. The summed E-state index contributed by atoms with van der Waals surface area (Å²) in [5, 5.41) is 3.01. The first-order valence-corrected chi connectivity index (χ1v) is 6.36. The molecule has 19 heavy (non-hydrogen) atoms. The van der Waals surface area contributed by atoms with Crippen molar-refractivity contribution in [3.05, 3.63) is 59.4 Å². The zero-order valence-electron chi connectivity index (χ0n) is 11.6. The molecule has 0 amide bonds. The van der Waals surface area contributed by atoms with E-state index in [9.17, 15) is 4.39 Å². The minimum absolute atomic E-state index is 0.175. The van der Waals surface area contributed by atoms with E-state index in [4.69, 9.17) is 0 Å². The molecule has 0 aliphatic rings. The molecule has 0 bridgehead atoms. The van der Waals surface area contributed by atoms with E-state index in [1.165, 1.54) is 11.6 Å². The van der Waals surface area contributed by atoms with Crippen molar-refractivity contribution >= 4 is 11.4 Å². The van der Waals surface area contributed by atoms with Gasteiger partial charge in [-0.3, -0.25) is 0 Å². The average Bonchev–Trinajstić information content (AvgIpc) is 2.41. The lowest BCUT2D eigenvalue weighted by atomic mass is 10.1. The van der Waals surface area contributed by atoms with Gasteiger partial charge in [0.25, 0.3) is 0 Å². The second-order valence-electron chi connectivity index (χ2n) is 4.66. The van der Waals surface area contributed by atoms with Crippen LogP contribution >= 0.6 is 0 Å². The van der Waals surface area contributed by atoms with E-state index in [1.807, 2.05) is 37.2 Å². The van der Waals surface area contributed by atoms with Crippen LogP contribution in [0.2, 0.25) is 0 Å². The van der Waals surface area contributed by atoms with Gasteiger partial charge < -0.3 is 10.2 Å². The molecule has 2 aromatic carbocycles. The minimum atomic E-state index is -0.175. The van der Waals surface area contributed by atoms with Crippen molar-refractivity contribution in [3.8, 4) is 0 Å². The quantitative estimate of drug-likeness (QED) is 0.901. The van der Waals surface area contributed by atoms with Crippen LogP contribution < -0.4 is 10.2 Å². The van der Waals surface area contributed by atoms with Crippen molar-refractivity contribution in [2.24, 2.45) is 0 Å². The summed E-state index contributed by atoms with van der Waals surface area (Å²) >= 11 is 0. The lowest BCUT2D eigenvalue weighted by Crippen LogP contribution is -2.16. The van der Waals surface area contributed by atoms with Gasteiger partial charge in [0.15, 0.2) is 0 Å². The van der Waals surface area contributed by atoms with Crippen LogP contribution in [0.1, 0.15) is 11.1 Å². The van der Waals surface area contributed by atoms with Crippen LogP contribution in [0.25, 0.3) is 0 Å². The SMILES string of the molecule is CNCc1c(F)cccc1N(C)c1ccc(C)cc1. The third kappa shape index (κ3) is 2.93. The smallest absolute Gasteiger partial charge is 0.129 e. The van der Waals surface area contributed by atoms with Crippen molar-refractivity contribution in [2.75, 3.05) is 19.0 Å². The largest absolute Gasteiger partial charge is 0.344 e. The van der Waals surface area contributed by atoms with Crippen molar-refractivity contribution in [1.29, 1.82) is 0 Å². The molecule has 2 nitrogen and oxygen atoms in total. The van der Waals surface area contributed by atoms with Crippen LogP contribution in [0.5, 0.6) is 0 Å². The zero-order valence-corrected chi connectivity index (χ0v) is 11.6. The molecule has 0 aliphatic heterocycles. The molecule has 2 rings (SSSR count). The van der Waals surface area contributed by atoms with Gasteiger partial charge in [0, 0.05) is 30.5 Å². The number of benzene rings is 2. The maximum atomic E-state index is 13.9. The number of rotatable bonds is 4. The highest BCUT2D eigenvalue weighted by Gasteiger charge is 2.12. The molecular weight excluding hydrogens is 239 g/mol. The zero-order chi connectivity index (χ0) is 13.8. The summed E-state index contributed by atoms with van der Waals surface area (Å²) in [7, 11) is 3.78. The van der Waals surface area contributed by atoms with Crippen molar-refractivity contribution in [1.82, 2.24) is 5.32 Å². The molecule has 0 unspecified atom stereocenters. The number of anilines is 2. The Labute approximate surface area is 113 Å². The number of nitrogens with one attached hydrogen (secondary N) is 1. The first kappa shape index (κ1) is 13.6. The number of hydrogen-bond acceptors (Lipinski definition) is 2. The molecule has 100 valence electrons.